The van der Waals surface area contributed by atoms with Crippen molar-refractivity contribution in [2.45, 2.75) is 26.2 Å². The molecule has 74 valence electrons. The highest BCUT2D eigenvalue weighted by Gasteiger charge is 2.40. The van der Waals surface area contributed by atoms with E-state index in [1.54, 1.807) is 14.1 Å². The van der Waals surface area contributed by atoms with Crippen LogP contribution in [0.15, 0.2) is 0 Å². The van der Waals surface area contributed by atoms with E-state index in [2.05, 4.69) is 6.92 Å². The van der Waals surface area contributed by atoms with Crippen molar-refractivity contribution in [2.75, 3.05) is 14.1 Å². The number of carbonyl (C=O) groups excluding carboxylic acids is 2. The molecule has 0 saturated carbocycles. The van der Waals surface area contributed by atoms with Gasteiger partial charge in [0.15, 0.2) is 0 Å². The first-order valence-electron chi connectivity index (χ1n) is 4.64. The Balaban J connectivity index is 2.64. The van der Waals surface area contributed by atoms with E-state index in [4.69, 9.17) is 0 Å². The number of hydrogen-bond donors (Lipinski definition) is 0. The van der Waals surface area contributed by atoms with Crippen molar-refractivity contribution in [2.24, 2.45) is 5.92 Å². The van der Waals surface area contributed by atoms with Gasteiger partial charge in [-0.05, 0) is 6.42 Å². The molecule has 1 saturated heterocycles. The van der Waals surface area contributed by atoms with Crippen molar-refractivity contribution in [1.29, 1.82) is 0 Å². The number of carbonyl (C=O) groups is 2. The Morgan fingerprint density at radius 2 is 1.62 bits per heavy atom. The van der Waals surface area contributed by atoms with Crippen LogP contribution >= 0.6 is 0 Å². The minimum absolute atomic E-state index is 0.0686. The van der Waals surface area contributed by atoms with Gasteiger partial charge in [0.25, 0.3) is 11.8 Å². The Morgan fingerprint density at radius 1 is 1.15 bits per heavy atom. The average Bonchev–Trinajstić information content (AvgIpc) is 2.30. The van der Waals surface area contributed by atoms with Gasteiger partial charge in [-0.25, -0.2) is 0 Å². The van der Waals surface area contributed by atoms with Crippen LogP contribution in [0.5, 0.6) is 0 Å². The van der Waals surface area contributed by atoms with Gasteiger partial charge in [0.05, 0.1) is 0 Å². The molecule has 0 aromatic rings. The molecule has 0 radical (unpaired) electrons. The largest absolute Gasteiger partial charge is 0.272 e. The second kappa shape index (κ2) is 3.77. The van der Waals surface area contributed by atoms with E-state index < -0.39 is 5.92 Å². The molecule has 1 heterocycles. The first-order valence-corrected chi connectivity index (χ1v) is 4.64. The predicted molar refractivity (Wildman–Crippen MR) is 48.6 cm³/mol. The molecule has 13 heavy (non-hydrogen) atoms. The molecule has 2 amide bonds. The zero-order valence-electron chi connectivity index (χ0n) is 8.41. The maximum atomic E-state index is 11.5. The maximum absolute atomic E-state index is 11.5. The van der Waals surface area contributed by atoms with Gasteiger partial charge in [-0.1, -0.05) is 19.8 Å². The number of amides is 2. The first kappa shape index (κ1) is 10.0. The summed E-state index contributed by atoms with van der Waals surface area (Å²) in [6.07, 6.45) is 2.64. The van der Waals surface area contributed by atoms with Gasteiger partial charge in [-0.3, -0.25) is 19.6 Å². The molecule has 0 N–H and O–H groups in total. The summed E-state index contributed by atoms with van der Waals surface area (Å²) < 4.78 is 0. The van der Waals surface area contributed by atoms with E-state index in [0.717, 1.165) is 12.8 Å². The topological polar surface area (TPSA) is 40.6 Å². The third kappa shape index (κ3) is 1.66. The molecule has 0 bridgehead atoms. The molecule has 4 heteroatoms. The van der Waals surface area contributed by atoms with Gasteiger partial charge in [0.2, 0.25) is 0 Å². The molecule has 0 atom stereocenters. The van der Waals surface area contributed by atoms with Crippen LogP contribution in [0.25, 0.3) is 0 Å². The highest BCUT2D eigenvalue weighted by Crippen LogP contribution is 2.21. The summed E-state index contributed by atoms with van der Waals surface area (Å²) in [5.41, 5.74) is 0. The Hall–Kier alpha value is -1.06. The number of hydrogen-bond acceptors (Lipinski definition) is 2. The fourth-order valence-electron chi connectivity index (χ4n) is 1.51. The third-order valence-electron chi connectivity index (χ3n) is 2.53. The van der Waals surface area contributed by atoms with E-state index in [1.165, 1.54) is 10.0 Å². The molecule has 1 rings (SSSR count). The van der Waals surface area contributed by atoms with Crippen LogP contribution in [0.3, 0.4) is 0 Å². The fourth-order valence-corrected chi connectivity index (χ4v) is 1.51. The number of unbranched alkanes of at least 4 members (excludes halogenated alkanes) is 1. The number of nitrogens with zero attached hydrogens (tertiary/aromatic N) is 2. The number of hydrazine groups is 1. The van der Waals surface area contributed by atoms with Crippen LogP contribution in [0.1, 0.15) is 26.2 Å². The molecule has 1 aliphatic rings. The van der Waals surface area contributed by atoms with Crippen LogP contribution in [0, 0.1) is 5.92 Å². The fraction of sp³-hybridized carbons (Fsp3) is 0.778. The first-order chi connectivity index (χ1) is 6.09. The summed E-state index contributed by atoms with van der Waals surface area (Å²) >= 11 is 0. The Bertz CT molecular complexity index is 208. The zero-order chi connectivity index (χ0) is 10.0. The van der Waals surface area contributed by atoms with Gasteiger partial charge < -0.3 is 0 Å². The Kier molecular flexibility index (Phi) is 2.90. The van der Waals surface area contributed by atoms with Gasteiger partial charge in [-0.2, -0.15) is 0 Å². The normalized spacial score (nSPS) is 19.0. The van der Waals surface area contributed by atoms with Crippen molar-refractivity contribution < 1.29 is 9.59 Å². The highest BCUT2D eigenvalue weighted by molar-refractivity contribution is 6.04. The van der Waals surface area contributed by atoms with Crippen LogP contribution < -0.4 is 0 Å². The van der Waals surface area contributed by atoms with Crippen molar-refractivity contribution in [3.05, 3.63) is 0 Å². The molecule has 0 aliphatic carbocycles. The Labute approximate surface area is 78.5 Å². The second-order valence-electron chi connectivity index (χ2n) is 3.42. The van der Waals surface area contributed by atoms with Crippen molar-refractivity contribution in [3.8, 4) is 0 Å². The van der Waals surface area contributed by atoms with E-state index >= 15 is 0 Å². The van der Waals surface area contributed by atoms with E-state index in [1.807, 2.05) is 0 Å². The van der Waals surface area contributed by atoms with E-state index in [0.29, 0.717) is 6.42 Å². The van der Waals surface area contributed by atoms with Crippen LogP contribution in [-0.4, -0.2) is 35.9 Å². The average molecular weight is 184 g/mol. The lowest BCUT2D eigenvalue weighted by atomic mass is 10.0. The second-order valence-corrected chi connectivity index (χ2v) is 3.42. The van der Waals surface area contributed by atoms with E-state index in [9.17, 15) is 9.59 Å². The molecule has 4 nitrogen and oxygen atoms in total. The lowest BCUT2D eigenvalue weighted by molar-refractivity contribution is -0.141. The summed E-state index contributed by atoms with van der Waals surface area (Å²) in [5.74, 6) is -0.558. The minimum Gasteiger partial charge on any atom is -0.272 e. The molecular formula is C9H16N2O2. The van der Waals surface area contributed by atoms with E-state index in [-0.39, 0.29) is 11.8 Å². The van der Waals surface area contributed by atoms with Crippen LogP contribution in [-0.2, 0) is 9.59 Å². The van der Waals surface area contributed by atoms with Crippen molar-refractivity contribution in [3.63, 3.8) is 0 Å². The molecule has 0 aromatic heterocycles. The predicted octanol–water partition coefficient (Wildman–Crippen LogP) is 0.638. The van der Waals surface area contributed by atoms with Gasteiger partial charge >= 0.3 is 0 Å². The van der Waals surface area contributed by atoms with Gasteiger partial charge in [0, 0.05) is 14.1 Å². The van der Waals surface area contributed by atoms with Crippen molar-refractivity contribution in [1.82, 2.24) is 10.0 Å². The van der Waals surface area contributed by atoms with Gasteiger partial charge in [-0.15, -0.1) is 0 Å². The van der Waals surface area contributed by atoms with Crippen LogP contribution in [0.4, 0.5) is 0 Å². The summed E-state index contributed by atoms with van der Waals surface area (Å²) in [6, 6.07) is 0. The summed E-state index contributed by atoms with van der Waals surface area (Å²) in [5, 5.41) is 2.78. The molecule has 0 unspecified atom stereocenters. The summed E-state index contributed by atoms with van der Waals surface area (Å²) in [6.45, 7) is 2.05. The maximum Gasteiger partial charge on any atom is 0.253 e. The number of rotatable bonds is 3. The lowest BCUT2D eigenvalue weighted by Gasteiger charge is -2.17. The molecule has 1 aliphatic heterocycles. The molecular weight excluding hydrogens is 168 g/mol. The SMILES string of the molecule is CCCCC1C(=O)N(C)N(C)C1=O. The van der Waals surface area contributed by atoms with Crippen LogP contribution in [0.2, 0.25) is 0 Å². The quantitative estimate of drug-likeness (QED) is 0.604. The zero-order valence-corrected chi connectivity index (χ0v) is 8.41. The standard InChI is InChI=1S/C9H16N2O2/c1-4-5-6-7-8(12)10(2)11(3)9(7)13/h7H,4-6H2,1-3H3. The lowest BCUT2D eigenvalue weighted by Crippen LogP contribution is -2.33. The molecule has 1 fully saturated rings. The molecule has 0 aromatic carbocycles. The monoisotopic (exact) mass is 184 g/mol. The highest BCUT2D eigenvalue weighted by atomic mass is 16.2. The minimum atomic E-state index is -0.421. The summed E-state index contributed by atoms with van der Waals surface area (Å²) in [7, 11) is 3.26. The van der Waals surface area contributed by atoms with Crippen molar-refractivity contribution >= 4 is 11.8 Å². The smallest absolute Gasteiger partial charge is 0.253 e. The Morgan fingerprint density at radius 3 is 2.00 bits per heavy atom. The summed E-state index contributed by atoms with van der Waals surface area (Å²) in [4.78, 5) is 23.0. The molecule has 0 spiro atoms. The third-order valence-corrected chi connectivity index (χ3v) is 2.53. The van der Waals surface area contributed by atoms with Gasteiger partial charge in [0.1, 0.15) is 5.92 Å².